The first-order valence-electron chi connectivity index (χ1n) is 8.43. The van der Waals surface area contributed by atoms with Crippen LogP contribution in [-0.2, 0) is 6.42 Å². The van der Waals surface area contributed by atoms with Crippen LogP contribution in [0, 0.1) is 5.92 Å². The molecule has 7 heteroatoms. The van der Waals surface area contributed by atoms with Gasteiger partial charge in [0.2, 0.25) is 0 Å². The standard InChI is InChI=1S/C18H19N5OS/c24-18(16-4-2-8-25-16)23-7-1-3-13(12-23)9-14-10-19-11-15(22-14)17-20-5-6-21-17/h2,4-6,8,10-11,13H,1,3,7,9,12H2,(H,20,21). The number of hydrogen-bond donors (Lipinski definition) is 1. The van der Waals surface area contributed by atoms with Crippen molar-refractivity contribution < 1.29 is 4.79 Å². The fourth-order valence-electron chi connectivity index (χ4n) is 3.29. The molecule has 1 fully saturated rings. The smallest absolute Gasteiger partial charge is 0.263 e. The number of piperidine rings is 1. The first-order valence-corrected chi connectivity index (χ1v) is 9.31. The summed E-state index contributed by atoms with van der Waals surface area (Å²) < 4.78 is 0. The SMILES string of the molecule is O=C(c1cccs1)N1CCCC(Cc2cncc(-c3ncc[nH]3)n2)C1. The van der Waals surface area contributed by atoms with Crippen LogP contribution in [0.4, 0.5) is 0 Å². The van der Waals surface area contributed by atoms with E-state index in [4.69, 9.17) is 0 Å². The molecule has 3 aromatic rings. The summed E-state index contributed by atoms with van der Waals surface area (Å²) in [7, 11) is 0. The Kier molecular flexibility index (Phi) is 4.56. The molecule has 4 heterocycles. The highest BCUT2D eigenvalue weighted by Gasteiger charge is 2.25. The molecular weight excluding hydrogens is 334 g/mol. The van der Waals surface area contributed by atoms with E-state index in [1.54, 1.807) is 18.6 Å². The number of likely N-dealkylation sites (tertiary alicyclic amines) is 1. The highest BCUT2D eigenvalue weighted by molar-refractivity contribution is 7.12. The second-order valence-electron chi connectivity index (χ2n) is 6.27. The van der Waals surface area contributed by atoms with Gasteiger partial charge in [-0.15, -0.1) is 11.3 Å². The summed E-state index contributed by atoms with van der Waals surface area (Å²) in [6, 6.07) is 3.82. The van der Waals surface area contributed by atoms with Gasteiger partial charge in [-0.1, -0.05) is 6.07 Å². The number of rotatable bonds is 4. The minimum atomic E-state index is 0.148. The molecule has 1 aliphatic rings. The fraction of sp³-hybridized carbons (Fsp3) is 0.333. The van der Waals surface area contributed by atoms with Crippen LogP contribution in [0.5, 0.6) is 0 Å². The quantitative estimate of drug-likeness (QED) is 0.782. The highest BCUT2D eigenvalue weighted by Crippen LogP contribution is 2.23. The number of imidazole rings is 1. The lowest BCUT2D eigenvalue weighted by Crippen LogP contribution is -2.40. The maximum absolute atomic E-state index is 12.6. The van der Waals surface area contributed by atoms with Gasteiger partial charge >= 0.3 is 0 Å². The van der Waals surface area contributed by atoms with Crippen molar-refractivity contribution in [2.24, 2.45) is 5.92 Å². The third-order valence-corrected chi connectivity index (χ3v) is 5.32. The Morgan fingerprint density at radius 3 is 3.16 bits per heavy atom. The van der Waals surface area contributed by atoms with E-state index in [0.29, 0.717) is 5.92 Å². The van der Waals surface area contributed by atoms with Gasteiger partial charge in [0.25, 0.3) is 5.91 Å². The first kappa shape index (κ1) is 16.0. The molecule has 0 saturated carbocycles. The zero-order valence-corrected chi connectivity index (χ0v) is 14.6. The molecule has 0 radical (unpaired) electrons. The molecule has 1 unspecified atom stereocenters. The third kappa shape index (κ3) is 3.61. The Hall–Kier alpha value is -2.54. The van der Waals surface area contributed by atoms with Gasteiger partial charge in [-0.2, -0.15) is 0 Å². The van der Waals surface area contributed by atoms with Crippen LogP contribution < -0.4 is 0 Å². The van der Waals surface area contributed by atoms with Crippen molar-refractivity contribution >= 4 is 17.2 Å². The Labute approximate surface area is 150 Å². The second-order valence-corrected chi connectivity index (χ2v) is 7.22. The minimum absolute atomic E-state index is 0.148. The molecule has 1 saturated heterocycles. The Bertz CT molecular complexity index is 831. The maximum atomic E-state index is 12.6. The summed E-state index contributed by atoms with van der Waals surface area (Å²) in [5.41, 5.74) is 1.70. The van der Waals surface area contributed by atoms with Gasteiger partial charge in [0, 0.05) is 31.7 Å². The lowest BCUT2D eigenvalue weighted by atomic mass is 9.93. The molecule has 1 amide bonds. The van der Waals surface area contributed by atoms with Crippen molar-refractivity contribution in [3.63, 3.8) is 0 Å². The van der Waals surface area contributed by atoms with Gasteiger partial charge in [-0.25, -0.2) is 9.97 Å². The number of amides is 1. The van der Waals surface area contributed by atoms with Gasteiger partial charge in [0.1, 0.15) is 5.69 Å². The summed E-state index contributed by atoms with van der Waals surface area (Å²) in [6.45, 7) is 1.62. The number of carbonyl (C=O) groups is 1. The second kappa shape index (κ2) is 7.14. The lowest BCUT2D eigenvalue weighted by molar-refractivity contribution is 0.0677. The zero-order valence-electron chi connectivity index (χ0n) is 13.8. The van der Waals surface area contributed by atoms with Gasteiger partial charge in [0.15, 0.2) is 5.82 Å². The predicted molar refractivity (Wildman–Crippen MR) is 96.3 cm³/mol. The van der Waals surface area contributed by atoms with Crippen molar-refractivity contribution in [1.82, 2.24) is 24.8 Å². The average molecular weight is 353 g/mol. The highest BCUT2D eigenvalue weighted by atomic mass is 32.1. The molecule has 0 bridgehead atoms. The van der Waals surface area contributed by atoms with E-state index >= 15 is 0 Å². The molecular formula is C18H19N5OS. The van der Waals surface area contributed by atoms with Crippen LogP contribution in [0.3, 0.4) is 0 Å². The van der Waals surface area contributed by atoms with Crippen LogP contribution >= 0.6 is 11.3 Å². The van der Waals surface area contributed by atoms with Crippen molar-refractivity contribution in [2.75, 3.05) is 13.1 Å². The fourth-order valence-corrected chi connectivity index (χ4v) is 3.98. The van der Waals surface area contributed by atoms with Crippen LogP contribution in [0.2, 0.25) is 0 Å². The van der Waals surface area contributed by atoms with Gasteiger partial charge in [0.05, 0.1) is 16.8 Å². The van der Waals surface area contributed by atoms with E-state index in [1.165, 1.54) is 11.3 Å². The van der Waals surface area contributed by atoms with Crippen molar-refractivity contribution in [2.45, 2.75) is 19.3 Å². The topological polar surface area (TPSA) is 74.8 Å². The van der Waals surface area contributed by atoms with Crippen molar-refractivity contribution in [1.29, 1.82) is 0 Å². The van der Waals surface area contributed by atoms with Gasteiger partial charge < -0.3 is 9.88 Å². The minimum Gasteiger partial charge on any atom is -0.343 e. The maximum Gasteiger partial charge on any atom is 0.263 e. The van der Waals surface area contributed by atoms with E-state index < -0.39 is 0 Å². The first-order chi connectivity index (χ1) is 12.3. The number of nitrogens with zero attached hydrogens (tertiary/aromatic N) is 4. The normalized spacial score (nSPS) is 17.6. The van der Waals surface area contributed by atoms with E-state index in [-0.39, 0.29) is 5.91 Å². The Morgan fingerprint density at radius 1 is 1.40 bits per heavy atom. The number of aromatic amines is 1. The summed E-state index contributed by atoms with van der Waals surface area (Å²) in [5, 5.41) is 1.95. The Balaban J connectivity index is 1.44. The molecule has 25 heavy (non-hydrogen) atoms. The van der Waals surface area contributed by atoms with Crippen LogP contribution in [0.25, 0.3) is 11.5 Å². The number of thiophene rings is 1. The molecule has 3 aromatic heterocycles. The predicted octanol–water partition coefficient (Wildman–Crippen LogP) is 3.02. The molecule has 0 spiro atoms. The van der Waals surface area contributed by atoms with Crippen molar-refractivity contribution in [3.05, 3.63) is 52.9 Å². The summed E-state index contributed by atoms with van der Waals surface area (Å²) in [6.07, 6.45) is 9.99. The van der Waals surface area contributed by atoms with E-state index in [0.717, 1.165) is 54.4 Å². The van der Waals surface area contributed by atoms with Crippen LogP contribution in [-0.4, -0.2) is 43.8 Å². The number of hydrogen-bond acceptors (Lipinski definition) is 5. The Morgan fingerprint density at radius 2 is 2.36 bits per heavy atom. The summed E-state index contributed by atoms with van der Waals surface area (Å²) >= 11 is 1.51. The van der Waals surface area contributed by atoms with Crippen LogP contribution in [0.1, 0.15) is 28.2 Å². The molecule has 1 atom stereocenters. The molecule has 6 nitrogen and oxygen atoms in total. The van der Waals surface area contributed by atoms with E-state index in [9.17, 15) is 4.79 Å². The van der Waals surface area contributed by atoms with Gasteiger partial charge in [-0.3, -0.25) is 9.78 Å². The molecule has 128 valence electrons. The average Bonchev–Trinajstić information content (AvgIpc) is 3.35. The molecule has 0 aromatic carbocycles. The van der Waals surface area contributed by atoms with Crippen LogP contribution in [0.15, 0.2) is 42.3 Å². The van der Waals surface area contributed by atoms with Crippen molar-refractivity contribution in [3.8, 4) is 11.5 Å². The molecule has 0 aliphatic carbocycles. The number of carbonyl (C=O) groups excluding carboxylic acids is 1. The largest absolute Gasteiger partial charge is 0.343 e. The summed E-state index contributed by atoms with van der Waals surface area (Å²) in [5.74, 6) is 1.29. The van der Waals surface area contributed by atoms with Gasteiger partial charge in [-0.05, 0) is 36.6 Å². The monoisotopic (exact) mass is 353 g/mol. The molecule has 1 aliphatic heterocycles. The summed E-state index contributed by atoms with van der Waals surface area (Å²) in [4.78, 5) is 31.6. The van der Waals surface area contributed by atoms with E-state index in [1.807, 2.05) is 28.6 Å². The van der Waals surface area contributed by atoms with E-state index in [2.05, 4.69) is 19.9 Å². The number of H-pyrrole nitrogens is 1. The lowest BCUT2D eigenvalue weighted by Gasteiger charge is -2.32. The third-order valence-electron chi connectivity index (χ3n) is 4.46. The molecule has 1 N–H and O–H groups in total. The molecule has 4 rings (SSSR count). The number of nitrogens with one attached hydrogen (secondary N) is 1. The zero-order chi connectivity index (χ0) is 17.1. The number of aromatic nitrogens is 4.